The van der Waals surface area contributed by atoms with E-state index in [1.807, 2.05) is 0 Å². The monoisotopic (exact) mass is 333 g/mol. The van der Waals surface area contributed by atoms with E-state index >= 15 is 0 Å². The molecule has 2 saturated heterocycles. The SMILES string of the molecule is CN1[C@@H]2CC[C@H]1CC(CC(O)(c1cccs1)c1cccs1)C2. The fourth-order valence-corrected chi connectivity index (χ4v) is 6.22. The van der Waals surface area contributed by atoms with Gasteiger partial charge in [0.15, 0.2) is 0 Å². The minimum atomic E-state index is -0.789. The van der Waals surface area contributed by atoms with Gasteiger partial charge in [0.2, 0.25) is 0 Å². The highest BCUT2D eigenvalue weighted by Crippen LogP contribution is 2.46. The van der Waals surface area contributed by atoms with Gasteiger partial charge in [-0.05, 0) is 68.0 Å². The number of nitrogens with zero attached hydrogens (tertiary/aromatic N) is 1. The summed E-state index contributed by atoms with van der Waals surface area (Å²) in [5, 5.41) is 15.7. The number of hydrogen-bond acceptors (Lipinski definition) is 4. The lowest BCUT2D eigenvalue weighted by molar-refractivity contribution is 0.0321. The van der Waals surface area contributed by atoms with Crippen LogP contribution in [-0.2, 0) is 5.60 Å². The minimum Gasteiger partial charge on any atom is -0.379 e. The topological polar surface area (TPSA) is 23.5 Å². The van der Waals surface area contributed by atoms with Crippen LogP contribution in [0.5, 0.6) is 0 Å². The third-order valence-electron chi connectivity index (χ3n) is 5.64. The van der Waals surface area contributed by atoms with Crippen LogP contribution < -0.4 is 0 Å². The third-order valence-corrected chi connectivity index (χ3v) is 7.68. The molecule has 4 rings (SSSR count). The molecule has 2 bridgehead atoms. The molecule has 2 aliphatic rings. The number of rotatable bonds is 4. The summed E-state index contributed by atoms with van der Waals surface area (Å²) in [6, 6.07) is 9.76. The van der Waals surface area contributed by atoms with Gasteiger partial charge in [-0.1, -0.05) is 12.1 Å². The van der Waals surface area contributed by atoms with Gasteiger partial charge in [0.1, 0.15) is 5.60 Å². The van der Waals surface area contributed by atoms with Crippen molar-refractivity contribution in [1.29, 1.82) is 0 Å². The van der Waals surface area contributed by atoms with E-state index in [2.05, 4.69) is 47.0 Å². The summed E-state index contributed by atoms with van der Waals surface area (Å²) in [6.07, 6.45) is 6.04. The maximum Gasteiger partial charge on any atom is 0.133 e. The summed E-state index contributed by atoms with van der Waals surface area (Å²) in [7, 11) is 2.28. The van der Waals surface area contributed by atoms with E-state index in [4.69, 9.17) is 0 Å². The van der Waals surface area contributed by atoms with E-state index in [-0.39, 0.29) is 0 Å². The zero-order valence-corrected chi connectivity index (χ0v) is 14.6. The molecule has 0 radical (unpaired) electrons. The van der Waals surface area contributed by atoms with Crippen LogP contribution >= 0.6 is 22.7 Å². The molecule has 1 N–H and O–H groups in total. The van der Waals surface area contributed by atoms with Crippen molar-refractivity contribution in [1.82, 2.24) is 4.90 Å². The first-order valence-electron chi connectivity index (χ1n) is 8.19. The molecule has 2 fully saturated rings. The van der Waals surface area contributed by atoms with Gasteiger partial charge in [0, 0.05) is 21.8 Å². The summed E-state index contributed by atoms with van der Waals surface area (Å²) >= 11 is 3.36. The van der Waals surface area contributed by atoms with Crippen LogP contribution in [0.2, 0.25) is 0 Å². The molecule has 0 spiro atoms. The van der Waals surface area contributed by atoms with Crippen molar-refractivity contribution >= 4 is 22.7 Å². The average molecular weight is 334 g/mol. The number of hydrogen-bond donors (Lipinski definition) is 1. The molecular formula is C18H23NOS2. The lowest BCUT2D eigenvalue weighted by atomic mass is 9.80. The molecule has 118 valence electrons. The minimum absolute atomic E-state index is 0.628. The smallest absolute Gasteiger partial charge is 0.133 e. The van der Waals surface area contributed by atoms with E-state index in [0.29, 0.717) is 5.92 Å². The zero-order chi connectivity index (χ0) is 15.2. The van der Waals surface area contributed by atoms with Crippen LogP contribution in [0.15, 0.2) is 35.0 Å². The van der Waals surface area contributed by atoms with E-state index < -0.39 is 5.60 Å². The molecule has 2 nitrogen and oxygen atoms in total. The first kappa shape index (κ1) is 14.9. The molecule has 2 aromatic rings. The number of thiophene rings is 2. The van der Waals surface area contributed by atoms with Gasteiger partial charge in [-0.2, -0.15) is 0 Å². The van der Waals surface area contributed by atoms with E-state index in [9.17, 15) is 5.11 Å². The molecule has 4 heteroatoms. The molecule has 22 heavy (non-hydrogen) atoms. The summed E-state index contributed by atoms with van der Waals surface area (Å²) in [5.41, 5.74) is -0.789. The Balaban J connectivity index is 1.60. The molecule has 0 amide bonds. The average Bonchev–Trinajstić information content (AvgIpc) is 3.22. The maximum atomic E-state index is 11.6. The Morgan fingerprint density at radius 2 is 1.64 bits per heavy atom. The van der Waals surface area contributed by atoms with Gasteiger partial charge in [-0.15, -0.1) is 22.7 Å². The lowest BCUT2D eigenvalue weighted by Gasteiger charge is -2.39. The lowest BCUT2D eigenvalue weighted by Crippen LogP contribution is -2.42. The highest BCUT2D eigenvalue weighted by atomic mass is 32.1. The fraction of sp³-hybridized carbons (Fsp3) is 0.556. The number of fused-ring (bicyclic) bond motifs is 2. The van der Waals surface area contributed by atoms with Crippen molar-refractivity contribution < 1.29 is 5.11 Å². The van der Waals surface area contributed by atoms with Gasteiger partial charge in [0.25, 0.3) is 0 Å². The Kier molecular flexibility index (Phi) is 3.89. The van der Waals surface area contributed by atoms with Crippen LogP contribution in [0.3, 0.4) is 0 Å². The molecule has 0 aromatic carbocycles. The highest BCUT2D eigenvalue weighted by Gasteiger charge is 2.43. The molecule has 0 aliphatic carbocycles. The van der Waals surface area contributed by atoms with Gasteiger partial charge in [-0.3, -0.25) is 0 Å². The molecule has 4 heterocycles. The predicted molar refractivity (Wildman–Crippen MR) is 93.6 cm³/mol. The Morgan fingerprint density at radius 3 is 2.09 bits per heavy atom. The Bertz CT molecular complexity index is 559. The molecule has 3 atom stereocenters. The normalized spacial score (nSPS) is 29.1. The fourth-order valence-electron chi connectivity index (χ4n) is 4.46. The summed E-state index contributed by atoms with van der Waals surface area (Å²) in [6.45, 7) is 0. The largest absolute Gasteiger partial charge is 0.379 e. The van der Waals surface area contributed by atoms with Crippen molar-refractivity contribution in [2.45, 2.75) is 49.8 Å². The first-order valence-corrected chi connectivity index (χ1v) is 9.95. The number of aliphatic hydroxyl groups is 1. The number of piperidine rings is 1. The maximum absolute atomic E-state index is 11.6. The molecule has 1 unspecified atom stereocenters. The molecular weight excluding hydrogens is 310 g/mol. The van der Waals surface area contributed by atoms with Gasteiger partial charge in [0.05, 0.1) is 0 Å². The van der Waals surface area contributed by atoms with Crippen LogP contribution in [0.4, 0.5) is 0 Å². The van der Waals surface area contributed by atoms with Crippen LogP contribution in [0.1, 0.15) is 41.9 Å². The van der Waals surface area contributed by atoms with Gasteiger partial charge in [-0.25, -0.2) is 0 Å². The second-order valence-electron chi connectivity index (χ2n) is 6.91. The van der Waals surface area contributed by atoms with Crippen LogP contribution in [0, 0.1) is 5.92 Å². The molecule has 2 aromatic heterocycles. The van der Waals surface area contributed by atoms with Crippen molar-refractivity contribution in [2.75, 3.05) is 7.05 Å². The highest BCUT2D eigenvalue weighted by molar-refractivity contribution is 7.11. The quantitative estimate of drug-likeness (QED) is 0.901. The van der Waals surface area contributed by atoms with E-state index in [1.165, 1.54) is 25.7 Å². The molecule has 0 saturated carbocycles. The van der Waals surface area contributed by atoms with Crippen molar-refractivity contribution in [3.63, 3.8) is 0 Å². The molecule has 2 aliphatic heterocycles. The second-order valence-corrected chi connectivity index (χ2v) is 8.80. The van der Waals surface area contributed by atoms with Crippen LogP contribution in [0.25, 0.3) is 0 Å². The Morgan fingerprint density at radius 1 is 1.09 bits per heavy atom. The standard InChI is InChI=1S/C18H23NOS2/c1-19-14-6-7-15(19)11-13(10-14)12-18(20,16-4-2-8-21-16)17-5-3-9-22-17/h2-5,8-9,13-15,20H,6-7,10-12H2,1H3/t13?,14-,15+. The Hall–Kier alpha value is -0.680. The van der Waals surface area contributed by atoms with E-state index in [1.54, 1.807) is 22.7 Å². The van der Waals surface area contributed by atoms with Crippen LogP contribution in [-0.4, -0.2) is 29.1 Å². The zero-order valence-electron chi connectivity index (χ0n) is 12.9. The van der Waals surface area contributed by atoms with Crippen molar-refractivity contribution in [3.8, 4) is 0 Å². The first-order chi connectivity index (χ1) is 10.7. The third kappa shape index (κ3) is 2.46. The predicted octanol–water partition coefficient (Wildman–Crippen LogP) is 4.31. The Labute approximate surface area is 140 Å². The van der Waals surface area contributed by atoms with Crippen molar-refractivity contribution in [3.05, 3.63) is 44.8 Å². The summed E-state index contributed by atoms with van der Waals surface area (Å²) in [4.78, 5) is 4.77. The second kappa shape index (κ2) is 5.75. The van der Waals surface area contributed by atoms with Gasteiger partial charge < -0.3 is 10.0 Å². The van der Waals surface area contributed by atoms with Crippen molar-refractivity contribution in [2.24, 2.45) is 5.92 Å². The summed E-state index contributed by atoms with van der Waals surface area (Å²) < 4.78 is 0. The van der Waals surface area contributed by atoms with E-state index in [0.717, 1.165) is 28.3 Å². The summed E-state index contributed by atoms with van der Waals surface area (Å²) in [5.74, 6) is 0.628. The van der Waals surface area contributed by atoms with Gasteiger partial charge >= 0.3 is 0 Å².